The first-order chi connectivity index (χ1) is 7.77. The van der Waals surface area contributed by atoms with Gasteiger partial charge in [-0.3, -0.25) is 0 Å². The van der Waals surface area contributed by atoms with Crippen LogP contribution >= 0.6 is 0 Å². The van der Waals surface area contributed by atoms with Crippen molar-refractivity contribution in [2.75, 3.05) is 0 Å². The molecule has 0 bridgehead atoms. The van der Waals surface area contributed by atoms with E-state index in [9.17, 15) is 0 Å². The lowest BCUT2D eigenvalue weighted by molar-refractivity contribution is 1.37. The van der Waals surface area contributed by atoms with Gasteiger partial charge in [-0.05, 0) is 35.7 Å². The van der Waals surface area contributed by atoms with Crippen LogP contribution in [0.15, 0.2) is 60.7 Å². The summed E-state index contributed by atoms with van der Waals surface area (Å²) in [6, 6.07) is 21.1. The summed E-state index contributed by atoms with van der Waals surface area (Å²) in [5.74, 6) is 0. The van der Waals surface area contributed by atoms with Crippen LogP contribution in [-0.4, -0.2) is 0 Å². The summed E-state index contributed by atoms with van der Waals surface area (Å²) in [6.07, 6.45) is 0. The number of hydrogen-bond acceptors (Lipinski definition) is 0. The summed E-state index contributed by atoms with van der Waals surface area (Å²) in [5.41, 5.74) is 2.68. The maximum absolute atomic E-state index is 2.24. The molecule has 0 fully saturated rings. The zero-order valence-corrected chi connectivity index (χ0v) is 9.77. The molecule has 0 atom stereocenters. The molecule has 0 aromatic heterocycles. The average molecular weight is 208 g/mol. The largest absolute Gasteiger partial charge is 0.0623 e. The van der Waals surface area contributed by atoms with Gasteiger partial charge < -0.3 is 0 Å². The molecule has 0 amide bonds. The van der Waals surface area contributed by atoms with Crippen LogP contribution in [0.4, 0.5) is 0 Å². The molecule has 2 rings (SSSR count). The van der Waals surface area contributed by atoms with Crippen molar-refractivity contribution in [3.8, 4) is 0 Å². The Bertz CT molecular complexity index is 501. The van der Waals surface area contributed by atoms with Crippen LogP contribution in [0, 0.1) is 13.8 Å². The van der Waals surface area contributed by atoms with E-state index in [1.807, 2.05) is 12.1 Å². The fourth-order valence-corrected chi connectivity index (χ4v) is 1.72. The minimum absolute atomic E-state index is 1.28. The number of fused-ring (bicyclic) bond motifs is 1. The van der Waals surface area contributed by atoms with Gasteiger partial charge in [0.25, 0.3) is 0 Å². The highest BCUT2D eigenvalue weighted by Crippen LogP contribution is 2.17. The Morgan fingerprint density at radius 2 is 0.938 bits per heavy atom. The van der Waals surface area contributed by atoms with Crippen LogP contribution in [0.2, 0.25) is 0 Å². The van der Waals surface area contributed by atoms with E-state index in [0.717, 1.165) is 0 Å². The molecule has 16 heavy (non-hydrogen) atoms. The molecule has 0 heteroatoms. The maximum Gasteiger partial charge on any atom is -0.0181 e. The van der Waals surface area contributed by atoms with E-state index in [1.54, 1.807) is 0 Å². The lowest BCUT2D eigenvalue weighted by Crippen LogP contribution is -1.79. The molecule has 80 valence electrons. The van der Waals surface area contributed by atoms with Gasteiger partial charge in [-0.25, -0.2) is 0 Å². The zero-order valence-electron chi connectivity index (χ0n) is 9.77. The highest BCUT2D eigenvalue weighted by Gasteiger charge is 1.94. The van der Waals surface area contributed by atoms with Crippen molar-refractivity contribution in [1.82, 2.24) is 0 Å². The van der Waals surface area contributed by atoms with Crippen molar-refractivity contribution in [3.63, 3.8) is 0 Å². The van der Waals surface area contributed by atoms with Crippen molar-refractivity contribution in [1.29, 1.82) is 0 Å². The normalized spacial score (nSPS) is 9.88. The van der Waals surface area contributed by atoms with Crippen LogP contribution in [0.3, 0.4) is 0 Å². The Hall–Kier alpha value is -1.82. The predicted molar refractivity (Wildman–Crippen MR) is 71.1 cm³/mol. The summed E-state index contributed by atoms with van der Waals surface area (Å²) in [5, 5.41) is 2.55. The first-order valence-corrected chi connectivity index (χ1v) is 5.57. The Balaban J connectivity index is 2.80. The molecule has 0 radical (unpaired) electrons. The molecule has 0 spiro atoms. The van der Waals surface area contributed by atoms with E-state index in [2.05, 4.69) is 62.4 Å². The molecule has 0 unspecified atom stereocenters. The zero-order chi connectivity index (χ0) is 11.4. The smallest absolute Gasteiger partial charge is 0.0181 e. The molecule has 0 saturated heterocycles. The second-order valence-corrected chi connectivity index (χ2v) is 4.05. The Morgan fingerprint density at radius 1 is 0.562 bits per heavy atom. The third-order valence-corrected chi connectivity index (χ3v) is 2.81. The van der Waals surface area contributed by atoms with Gasteiger partial charge >= 0.3 is 0 Å². The van der Waals surface area contributed by atoms with E-state index in [0.29, 0.717) is 0 Å². The summed E-state index contributed by atoms with van der Waals surface area (Å²) >= 11 is 0. The summed E-state index contributed by atoms with van der Waals surface area (Å²) in [7, 11) is 0. The highest BCUT2D eigenvalue weighted by molar-refractivity contribution is 5.82. The second kappa shape index (κ2) is 4.80. The summed E-state index contributed by atoms with van der Waals surface area (Å²) < 4.78 is 0. The lowest BCUT2D eigenvalue weighted by atomic mass is 10.0. The minimum atomic E-state index is 1.28. The van der Waals surface area contributed by atoms with Crippen molar-refractivity contribution < 1.29 is 0 Å². The van der Waals surface area contributed by atoms with Gasteiger partial charge in [-0.2, -0.15) is 0 Å². The topological polar surface area (TPSA) is 0 Å². The quantitative estimate of drug-likeness (QED) is 0.594. The predicted octanol–water partition coefficient (Wildman–Crippen LogP) is 4.58. The molecular formula is C16H16. The van der Waals surface area contributed by atoms with Gasteiger partial charge in [0.1, 0.15) is 0 Å². The van der Waals surface area contributed by atoms with E-state index >= 15 is 0 Å². The van der Waals surface area contributed by atoms with Gasteiger partial charge in [0, 0.05) is 0 Å². The van der Waals surface area contributed by atoms with Gasteiger partial charge in [0.15, 0.2) is 0 Å². The Kier molecular flexibility index (Phi) is 3.21. The van der Waals surface area contributed by atoms with Crippen LogP contribution in [0.1, 0.15) is 11.1 Å². The fraction of sp³-hybridized carbons (Fsp3) is 0.125. The van der Waals surface area contributed by atoms with Gasteiger partial charge in [0.05, 0.1) is 0 Å². The monoisotopic (exact) mass is 208 g/mol. The third-order valence-electron chi connectivity index (χ3n) is 2.81. The second-order valence-electron chi connectivity index (χ2n) is 4.05. The molecule has 0 saturated carbocycles. The first kappa shape index (κ1) is 10.7. The highest BCUT2D eigenvalue weighted by atomic mass is 14.0. The number of aryl methyl sites for hydroxylation is 2. The van der Waals surface area contributed by atoms with Gasteiger partial charge in [-0.15, -0.1) is 0 Å². The van der Waals surface area contributed by atoms with Crippen LogP contribution in [0.25, 0.3) is 10.8 Å². The first-order valence-electron chi connectivity index (χ1n) is 5.57. The third kappa shape index (κ3) is 2.40. The number of hydrogen-bond donors (Lipinski definition) is 0. The SMILES string of the molecule is Cc1cc2ccccccccc2cc1C. The van der Waals surface area contributed by atoms with Crippen LogP contribution in [-0.2, 0) is 0 Å². The van der Waals surface area contributed by atoms with Gasteiger partial charge in [0.2, 0.25) is 0 Å². The van der Waals surface area contributed by atoms with E-state index in [4.69, 9.17) is 0 Å². The van der Waals surface area contributed by atoms with E-state index in [-0.39, 0.29) is 0 Å². The summed E-state index contributed by atoms with van der Waals surface area (Å²) in [4.78, 5) is 0. The molecule has 0 aliphatic heterocycles. The summed E-state index contributed by atoms with van der Waals surface area (Å²) in [6.45, 7) is 4.31. The van der Waals surface area contributed by atoms with Crippen molar-refractivity contribution in [2.45, 2.75) is 13.8 Å². The number of rotatable bonds is 0. The molecule has 0 heterocycles. The Labute approximate surface area is 96.9 Å². The van der Waals surface area contributed by atoms with Gasteiger partial charge in [-0.1, -0.05) is 60.7 Å². The molecule has 2 aromatic carbocycles. The molecule has 0 nitrogen and oxygen atoms in total. The standard InChI is InChI=1S/C16H16/c1-13-11-15-9-7-5-3-4-6-8-10-16(15)12-14(13)2/h3-12H,1-2H3. The average Bonchev–Trinajstić information content (AvgIpc) is 2.28. The Morgan fingerprint density at radius 3 is 1.38 bits per heavy atom. The molecular weight excluding hydrogens is 192 g/mol. The number of benzene rings is 1. The lowest BCUT2D eigenvalue weighted by Gasteiger charge is -2.01. The fourth-order valence-electron chi connectivity index (χ4n) is 1.72. The van der Waals surface area contributed by atoms with Crippen LogP contribution < -0.4 is 0 Å². The van der Waals surface area contributed by atoms with Crippen molar-refractivity contribution in [2.24, 2.45) is 0 Å². The molecule has 0 aliphatic rings. The molecule has 0 aliphatic carbocycles. The maximum atomic E-state index is 2.24. The molecule has 2 aromatic rings. The van der Waals surface area contributed by atoms with E-state index < -0.39 is 0 Å². The molecule has 0 N–H and O–H groups in total. The van der Waals surface area contributed by atoms with Crippen molar-refractivity contribution in [3.05, 3.63) is 71.8 Å². The van der Waals surface area contributed by atoms with E-state index in [1.165, 1.54) is 21.9 Å². The minimum Gasteiger partial charge on any atom is -0.0623 e. The van der Waals surface area contributed by atoms with Crippen molar-refractivity contribution >= 4 is 10.8 Å². The van der Waals surface area contributed by atoms with Crippen LogP contribution in [0.5, 0.6) is 0 Å².